The smallest absolute Gasteiger partial charge is 0.181 e. The van der Waals surface area contributed by atoms with Gasteiger partial charge in [-0.3, -0.25) is 0 Å². The molecule has 2 rings (SSSR count). The van der Waals surface area contributed by atoms with Gasteiger partial charge in [0, 0.05) is 6.07 Å². The molecule has 0 heterocycles. The van der Waals surface area contributed by atoms with E-state index < -0.39 is 5.82 Å². The van der Waals surface area contributed by atoms with E-state index in [1.54, 1.807) is 24.3 Å². The fraction of sp³-hybridized carbons (Fsp3) is 0.133. The normalized spacial score (nSPS) is 9.90. The third kappa shape index (κ3) is 3.09. The molecule has 0 atom stereocenters. The summed E-state index contributed by atoms with van der Waals surface area (Å²) in [5.41, 5.74) is 0.220. The summed E-state index contributed by atoms with van der Waals surface area (Å²) in [6.07, 6.45) is 0. The predicted octanol–water partition coefficient (Wildman–Crippen LogP) is 4.65. The fourth-order valence-corrected chi connectivity index (χ4v) is 2.03. The van der Waals surface area contributed by atoms with Crippen LogP contribution in [0.3, 0.4) is 0 Å². The molecule has 0 aliphatic heterocycles. The summed E-state index contributed by atoms with van der Waals surface area (Å²) < 4.78 is 25.0. The van der Waals surface area contributed by atoms with Crippen molar-refractivity contribution in [1.82, 2.24) is 0 Å². The van der Waals surface area contributed by atoms with Crippen LogP contribution in [0.4, 0.5) is 4.39 Å². The molecule has 102 valence electrons. The van der Waals surface area contributed by atoms with E-state index in [-0.39, 0.29) is 15.8 Å². The molecule has 0 unspecified atom stereocenters. The zero-order chi connectivity index (χ0) is 14.5. The van der Waals surface area contributed by atoms with E-state index >= 15 is 0 Å². The van der Waals surface area contributed by atoms with Gasteiger partial charge in [0.05, 0.1) is 16.6 Å². The highest BCUT2D eigenvalue weighted by Gasteiger charge is 2.13. The minimum absolute atomic E-state index is 0.0459. The Morgan fingerprint density at radius 1 is 1.25 bits per heavy atom. The fourth-order valence-electron chi connectivity index (χ4n) is 1.62. The molecule has 3 nitrogen and oxygen atoms in total. The average Bonchev–Trinajstić information content (AvgIpc) is 2.45. The molecular weight excluding hydrogens is 325 g/mol. The van der Waals surface area contributed by atoms with Gasteiger partial charge in [-0.1, -0.05) is 6.07 Å². The van der Waals surface area contributed by atoms with Crippen LogP contribution >= 0.6 is 15.9 Å². The van der Waals surface area contributed by atoms with E-state index in [9.17, 15) is 4.39 Å². The first-order valence-corrected chi connectivity index (χ1v) is 6.73. The van der Waals surface area contributed by atoms with Gasteiger partial charge in [0.15, 0.2) is 11.6 Å². The Hall–Kier alpha value is -2.06. The second-order valence-electron chi connectivity index (χ2n) is 3.86. The van der Waals surface area contributed by atoms with Crippen LogP contribution in [-0.2, 0) is 0 Å². The Balaban J connectivity index is 2.29. The van der Waals surface area contributed by atoms with Gasteiger partial charge in [0.1, 0.15) is 17.6 Å². The summed E-state index contributed by atoms with van der Waals surface area (Å²) in [7, 11) is 0. The van der Waals surface area contributed by atoms with Crippen LogP contribution in [0, 0.1) is 17.1 Å². The lowest BCUT2D eigenvalue weighted by Crippen LogP contribution is -1.94. The molecule has 2 aromatic rings. The maximum atomic E-state index is 14.0. The zero-order valence-electron chi connectivity index (χ0n) is 10.7. The third-order valence-corrected chi connectivity index (χ3v) is 3.29. The number of nitriles is 1. The van der Waals surface area contributed by atoms with Crippen molar-refractivity contribution in [1.29, 1.82) is 5.26 Å². The van der Waals surface area contributed by atoms with Crippen LogP contribution in [0.5, 0.6) is 17.2 Å². The van der Waals surface area contributed by atoms with E-state index in [0.717, 1.165) is 0 Å². The van der Waals surface area contributed by atoms with Gasteiger partial charge < -0.3 is 9.47 Å². The lowest BCUT2D eigenvalue weighted by Gasteiger charge is -2.10. The first-order valence-electron chi connectivity index (χ1n) is 5.94. The highest BCUT2D eigenvalue weighted by Crippen LogP contribution is 2.32. The number of ether oxygens (including phenoxy) is 2. The van der Waals surface area contributed by atoms with E-state index in [0.29, 0.717) is 18.1 Å². The molecule has 0 aliphatic carbocycles. The second-order valence-corrected chi connectivity index (χ2v) is 4.65. The highest BCUT2D eigenvalue weighted by molar-refractivity contribution is 9.10. The molecule has 0 saturated heterocycles. The topological polar surface area (TPSA) is 42.2 Å². The van der Waals surface area contributed by atoms with Gasteiger partial charge in [-0.05, 0) is 47.1 Å². The van der Waals surface area contributed by atoms with E-state index in [1.807, 2.05) is 13.0 Å². The highest BCUT2D eigenvalue weighted by atomic mass is 79.9. The number of nitrogens with zero attached hydrogens (tertiary/aromatic N) is 1. The average molecular weight is 336 g/mol. The number of benzene rings is 2. The van der Waals surface area contributed by atoms with Crippen molar-refractivity contribution in [3.05, 3.63) is 52.3 Å². The Bertz CT molecular complexity index is 667. The van der Waals surface area contributed by atoms with Crippen LogP contribution in [0.1, 0.15) is 12.5 Å². The maximum absolute atomic E-state index is 14.0. The molecule has 0 amide bonds. The number of hydrogen-bond acceptors (Lipinski definition) is 3. The van der Waals surface area contributed by atoms with Gasteiger partial charge in [-0.2, -0.15) is 5.26 Å². The van der Waals surface area contributed by atoms with Crippen LogP contribution in [-0.4, -0.2) is 6.61 Å². The van der Waals surface area contributed by atoms with E-state index in [2.05, 4.69) is 15.9 Å². The quantitative estimate of drug-likeness (QED) is 0.816. The minimum atomic E-state index is -0.606. The van der Waals surface area contributed by atoms with Crippen molar-refractivity contribution < 1.29 is 13.9 Å². The molecule has 0 spiro atoms. The Kier molecular flexibility index (Phi) is 4.59. The van der Waals surface area contributed by atoms with Crippen molar-refractivity contribution in [3.63, 3.8) is 0 Å². The van der Waals surface area contributed by atoms with Gasteiger partial charge in [0.2, 0.25) is 0 Å². The summed E-state index contributed by atoms with van der Waals surface area (Å²) >= 11 is 3.04. The zero-order valence-corrected chi connectivity index (χ0v) is 12.3. The summed E-state index contributed by atoms with van der Waals surface area (Å²) in [5, 5.41) is 8.81. The lowest BCUT2D eigenvalue weighted by atomic mass is 10.2. The number of rotatable bonds is 4. The second kappa shape index (κ2) is 6.40. The molecule has 0 saturated carbocycles. The standard InChI is InChI=1S/C15H11BrFNO2/c1-2-19-11-4-3-5-12(8-11)20-13-7-6-10(9-18)14(16)15(13)17/h3-8H,2H2,1H3. The van der Waals surface area contributed by atoms with Crippen molar-refractivity contribution >= 4 is 15.9 Å². The molecular formula is C15H11BrFNO2. The number of hydrogen-bond donors (Lipinski definition) is 0. The van der Waals surface area contributed by atoms with Crippen LogP contribution in [0.2, 0.25) is 0 Å². The molecule has 0 fully saturated rings. The summed E-state index contributed by atoms with van der Waals surface area (Å²) in [5.74, 6) is 0.556. The largest absolute Gasteiger partial charge is 0.494 e. The maximum Gasteiger partial charge on any atom is 0.181 e. The van der Waals surface area contributed by atoms with Crippen molar-refractivity contribution in [3.8, 4) is 23.3 Å². The first-order chi connectivity index (χ1) is 9.65. The van der Waals surface area contributed by atoms with Crippen LogP contribution < -0.4 is 9.47 Å². The molecule has 2 aromatic carbocycles. The monoisotopic (exact) mass is 335 g/mol. The third-order valence-electron chi connectivity index (χ3n) is 2.51. The van der Waals surface area contributed by atoms with Crippen molar-refractivity contribution in [2.45, 2.75) is 6.92 Å². The van der Waals surface area contributed by atoms with Gasteiger partial charge in [0.25, 0.3) is 0 Å². The molecule has 20 heavy (non-hydrogen) atoms. The molecule has 0 aliphatic rings. The van der Waals surface area contributed by atoms with Crippen molar-refractivity contribution in [2.24, 2.45) is 0 Å². The van der Waals surface area contributed by atoms with Gasteiger partial charge >= 0.3 is 0 Å². The van der Waals surface area contributed by atoms with Crippen LogP contribution in [0.25, 0.3) is 0 Å². The van der Waals surface area contributed by atoms with Gasteiger partial charge in [-0.25, -0.2) is 4.39 Å². The van der Waals surface area contributed by atoms with Gasteiger partial charge in [-0.15, -0.1) is 0 Å². The molecule has 0 radical (unpaired) electrons. The van der Waals surface area contributed by atoms with E-state index in [1.165, 1.54) is 12.1 Å². The summed E-state index contributed by atoms with van der Waals surface area (Å²) in [6, 6.07) is 11.7. The summed E-state index contributed by atoms with van der Waals surface area (Å²) in [4.78, 5) is 0. The Morgan fingerprint density at radius 2 is 2.00 bits per heavy atom. The Labute approximate surface area is 124 Å². The summed E-state index contributed by atoms with van der Waals surface area (Å²) in [6.45, 7) is 2.42. The molecule has 5 heteroatoms. The predicted molar refractivity (Wildman–Crippen MR) is 76.5 cm³/mol. The van der Waals surface area contributed by atoms with E-state index in [4.69, 9.17) is 14.7 Å². The SMILES string of the molecule is CCOc1cccc(Oc2ccc(C#N)c(Br)c2F)c1. The minimum Gasteiger partial charge on any atom is -0.494 e. The first kappa shape index (κ1) is 14.4. The lowest BCUT2D eigenvalue weighted by molar-refractivity contribution is 0.337. The molecule has 0 N–H and O–H groups in total. The molecule has 0 aromatic heterocycles. The number of halogens is 2. The van der Waals surface area contributed by atoms with Crippen LogP contribution in [0.15, 0.2) is 40.9 Å². The van der Waals surface area contributed by atoms with Crippen molar-refractivity contribution in [2.75, 3.05) is 6.61 Å². The Morgan fingerprint density at radius 3 is 2.70 bits per heavy atom. The molecule has 0 bridgehead atoms.